The lowest BCUT2D eigenvalue weighted by Crippen LogP contribution is -2.46. The molecule has 2 aromatic carbocycles. The highest BCUT2D eigenvalue weighted by Crippen LogP contribution is 2.28. The van der Waals surface area contributed by atoms with Crippen LogP contribution in [0.1, 0.15) is 26.2 Å². The lowest BCUT2D eigenvalue weighted by Gasteiger charge is -2.36. The first-order valence-electron chi connectivity index (χ1n) is 7.90. The monoisotopic (exact) mass is 281 g/mol. The van der Waals surface area contributed by atoms with Crippen molar-refractivity contribution in [2.75, 3.05) is 6.54 Å². The Labute approximate surface area is 127 Å². The zero-order chi connectivity index (χ0) is 14.5. The predicted molar refractivity (Wildman–Crippen MR) is 87.6 cm³/mol. The van der Waals surface area contributed by atoms with Crippen molar-refractivity contribution >= 4 is 0 Å². The number of benzene rings is 2. The first-order valence-corrected chi connectivity index (χ1v) is 7.90. The molecule has 2 nitrogen and oxygen atoms in total. The summed E-state index contributed by atoms with van der Waals surface area (Å²) in [4.78, 5) is 0. The summed E-state index contributed by atoms with van der Waals surface area (Å²) >= 11 is 0. The molecule has 0 bridgehead atoms. The van der Waals surface area contributed by atoms with Gasteiger partial charge in [0.05, 0.1) is 0 Å². The van der Waals surface area contributed by atoms with Gasteiger partial charge in [0.2, 0.25) is 0 Å². The third-order valence-electron chi connectivity index (χ3n) is 4.04. The van der Waals surface area contributed by atoms with Gasteiger partial charge in [-0.15, -0.1) is 0 Å². The molecule has 0 atom stereocenters. The summed E-state index contributed by atoms with van der Waals surface area (Å²) in [6.07, 6.45) is 3.83. The van der Waals surface area contributed by atoms with Gasteiger partial charge in [-0.25, -0.2) is 0 Å². The van der Waals surface area contributed by atoms with E-state index < -0.39 is 0 Å². The van der Waals surface area contributed by atoms with E-state index in [1.807, 2.05) is 6.07 Å². The van der Waals surface area contributed by atoms with Crippen LogP contribution >= 0.6 is 0 Å². The molecule has 3 rings (SSSR count). The Kier molecular flexibility index (Phi) is 4.56. The van der Waals surface area contributed by atoms with E-state index in [4.69, 9.17) is 4.74 Å². The molecule has 1 saturated carbocycles. The maximum Gasteiger partial charge on any atom is 0.119 e. The van der Waals surface area contributed by atoms with E-state index in [0.717, 1.165) is 25.1 Å². The summed E-state index contributed by atoms with van der Waals surface area (Å²) in [5.74, 6) is 0.980. The van der Waals surface area contributed by atoms with Crippen LogP contribution in [0.5, 0.6) is 5.75 Å². The van der Waals surface area contributed by atoms with Gasteiger partial charge in [-0.1, -0.05) is 49.4 Å². The molecule has 0 aliphatic heterocycles. The Morgan fingerprint density at radius 3 is 2.29 bits per heavy atom. The molecule has 0 amide bonds. The van der Waals surface area contributed by atoms with Gasteiger partial charge in [0, 0.05) is 6.04 Å². The fourth-order valence-corrected chi connectivity index (χ4v) is 2.73. The summed E-state index contributed by atoms with van der Waals surface area (Å²) in [6.45, 7) is 3.32. The van der Waals surface area contributed by atoms with Gasteiger partial charge in [0.1, 0.15) is 11.9 Å². The van der Waals surface area contributed by atoms with E-state index in [1.54, 1.807) is 0 Å². The van der Waals surface area contributed by atoms with Gasteiger partial charge < -0.3 is 10.1 Å². The van der Waals surface area contributed by atoms with Crippen LogP contribution in [-0.4, -0.2) is 18.7 Å². The molecule has 0 aromatic heterocycles. The molecule has 2 aromatic rings. The minimum absolute atomic E-state index is 0.377. The van der Waals surface area contributed by atoms with Crippen LogP contribution in [0.2, 0.25) is 0 Å². The van der Waals surface area contributed by atoms with E-state index in [2.05, 4.69) is 60.8 Å². The van der Waals surface area contributed by atoms with Crippen molar-refractivity contribution in [1.29, 1.82) is 0 Å². The molecule has 0 radical (unpaired) electrons. The number of hydrogen-bond acceptors (Lipinski definition) is 2. The Morgan fingerprint density at radius 2 is 1.62 bits per heavy atom. The molecule has 21 heavy (non-hydrogen) atoms. The van der Waals surface area contributed by atoms with Crippen molar-refractivity contribution in [3.8, 4) is 16.9 Å². The summed E-state index contributed by atoms with van der Waals surface area (Å²) in [5.41, 5.74) is 2.48. The fourth-order valence-electron chi connectivity index (χ4n) is 2.73. The SMILES string of the molecule is CCCNC1CC(Oc2ccc(-c3ccccc3)cc2)C1. The maximum absolute atomic E-state index is 6.01. The number of rotatable bonds is 6. The van der Waals surface area contributed by atoms with Crippen LogP contribution in [0.25, 0.3) is 11.1 Å². The number of hydrogen-bond donors (Lipinski definition) is 1. The third-order valence-corrected chi connectivity index (χ3v) is 4.04. The van der Waals surface area contributed by atoms with Gasteiger partial charge in [-0.3, -0.25) is 0 Å². The molecule has 0 heterocycles. The Morgan fingerprint density at radius 1 is 0.952 bits per heavy atom. The maximum atomic E-state index is 6.01. The predicted octanol–water partition coefficient (Wildman–Crippen LogP) is 4.26. The average molecular weight is 281 g/mol. The summed E-state index contributed by atoms with van der Waals surface area (Å²) in [5, 5.41) is 3.54. The van der Waals surface area contributed by atoms with Gasteiger partial charge in [-0.05, 0) is 49.1 Å². The molecule has 110 valence electrons. The van der Waals surface area contributed by atoms with Crippen molar-refractivity contribution in [3.63, 3.8) is 0 Å². The summed E-state index contributed by atoms with van der Waals surface area (Å²) < 4.78 is 6.01. The van der Waals surface area contributed by atoms with Crippen LogP contribution in [0.15, 0.2) is 54.6 Å². The second kappa shape index (κ2) is 6.77. The molecule has 0 saturated heterocycles. The van der Waals surface area contributed by atoms with E-state index in [0.29, 0.717) is 12.1 Å². The highest BCUT2D eigenvalue weighted by Gasteiger charge is 2.30. The summed E-state index contributed by atoms with van der Waals surface area (Å²) in [7, 11) is 0. The second-order valence-electron chi connectivity index (χ2n) is 5.75. The quantitative estimate of drug-likeness (QED) is 0.854. The molecule has 2 heteroatoms. The van der Waals surface area contributed by atoms with Crippen LogP contribution in [0.3, 0.4) is 0 Å². The first-order chi connectivity index (χ1) is 10.3. The van der Waals surface area contributed by atoms with E-state index >= 15 is 0 Å². The molecular formula is C19H23NO. The van der Waals surface area contributed by atoms with Crippen LogP contribution in [0.4, 0.5) is 0 Å². The molecule has 1 aliphatic carbocycles. The smallest absolute Gasteiger partial charge is 0.119 e. The lowest BCUT2D eigenvalue weighted by molar-refractivity contribution is 0.0853. The van der Waals surface area contributed by atoms with Gasteiger partial charge >= 0.3 is 0 Å². The van der Waals surface area contributed by atoms with Crippen LogP contribution < -0.4 is 10.1 Å². The molecular weight excluding hydrogens is 258 g/mol. The van der Waals surface area contributed by atoms with Gasteiger partial charge in [-0.2, -0.15) is 0 Å². The average Bonchev–Trinajstić information content (AvgIpc) is 2.51. The van der Waals surface area contributed by atoms with Gasteiger partial charge in [0.25, 0.3) is 0 Å². The highest BCUT2D eigenvalue weighted by atomic mass is 16.5. The van der Waals surface area contributed by atoms with Crippen LogP contribution in [-0.2, 0) is 0 Å². The minimum atomic E-state index is 0.377. The normalized spacial score (nSPS) is 20.8. The van der Waals surface area contributed by atoms with Crippen molar-refractivity contribution in [2.24, 2.45) is 0 Å². The van der Waals surface area contributed by atoms with Gasteiger partial charge in [0.15, 0.2) is 0 Å². The molecule has 1 fully saturated rings. The van der Waals surface area contributed by atoms with Crippen molar-refractivity contribution in [3.05, 3.63) is 54.6 Å². The largest absolute Gasteiger partial charge is 0.490 e. The Balaban J connectivity index is 1.52. The Hall–Kier alpha value is -1.80. The number of ether oxygens (including phenoxy) is 1. The fraction of sp³-hybridized carbons (Fsp3) is 0.368. The first kappa shape index (κ1) is 14.2. The van der Waals surface area contributed by atoms with E-state index in [1.165, 1.54) is 17.5 Å². The topological polar surface area (TPSA) is 21.3 Å². The lowest BCUT2D eigenvalue weighted by atomic mass is 9.89. The van der Waals surface area contributed by atoms with E-state index in [-0.39, 0.29) is 0 Å². The summed E-state index contributed by atoms with van der Waals surface area (Å²) in [6, 6.07) is 19.5. The molecule has 1 N–H and O–H groups in total. The van der Waals surface area contributed by atoms with Crippen molar-refractivity contribution < 1.29 is 4.74 Å². The Bertz CT molecular complexity index is 544. The molecule has 1 aliphatic rings. The zero-order valence-electron chi connectivity index (χ0n) is 12.6. The second-order valence-corrected chi connectivity index (χ2v) is 5.75. The standard InChI is InChI=1S/C19H23NO/c1-2-12-20-17-13-19(14-17)21-18-10-8-16(9-11-18)15-6-4-3-5-7-15/h3-11,17,19-20H,2,12-14H2,1H3. The molecule has 0 spiro atoms. The van der Waals surface area contributed by atoms with Crippen molar-refractivity contribution in [1.82, 2.24) is 5.32 Å². The zero-order valence-corrected chi connectivity index (χ0v) is 12.6. The van der Waals surface area contributed by atoms with Crippen LogP contribution in [0, 0.1) is 0 Å². The van der Waals surface area contributed by atoms with E-state index in [9.17, 15) is 0 Å². The highest BCUT2D eigenvalue weighted by molar-refractivity contribution is 5.63. The number of nitrogens with one attached hydrogen (secondary N) is 1. The molecule has 0 unspecified atom stereocenters. The minimum Gasteiger partial charge on any atom is -0.490 e. The third kappa shape index (κ3) is 3.64. The van der Waals surface area contributed by atoms with Crippen molar-refractivity contribution in [2.45, 2.75) is 38.3 Å².